The van der Waals surface area contributed by atoms with E-state index in [0.717, 1.165) is 12.8 Å². The largest absolute Gasteiger partial charge is 0.480 e. The minimum atomic E-state index is -1.16. The molecule has 7 heteroatoms. The summed E-state index contributed by atoms with van der Waals surface area (Å²) < 4.78 is 0.668. The monoisotopic (exact) mass is 374 g/mol. The van der Waals surface area contributed by atoms with Gasteiger partial charge in [0.25, 0.3) is 0 Å². The third-order valence-corrected chi connectivity index (χ3v) is 4.98. The van der Waals surface area contributed by atoms with Crippen molar-refractivity contribution in [3.63, 3.8) is 0 Å². The average molecular weight is 376 g/mol. The molecule has 0 spiro atoms. The van der Waals surface area contributed by atoms with Gasteiger partial charge in [-0.25, -0.2) is 9.59 Å². The number of nitrogens with zero attached hydrogens (tertiary/aromatic N) is 1. The van der Waals surface area contributed by atoms with Crippen LogP contribution in [0.3, 0.4) is 0 Å². The van der Waals surface area contributed by atoms with Crippen LogP contribution < -0.4 is 5.32 Å². The Morgan fingerprint density at radius 3 is 2.76 bits per heavy atom. The van der Waals surface area contributed by atoms with E-state index in [1.807, 2.05) is 0 Å². The van der Waals surface area contributed by atoms with Gasteiger partial charge in [0.2, 0.25) is 0 Å². The van der Waals surface area contributed by atoms with Crippen molar-refractivity contribution < 1.29 is 14.7 Å². The highest BCUT2D eigenvalue weighted by Gasteiger charge is 2.43. The lowest BCUT2D eigenvalue weighted by Gasteiger charge is -2.41. The summed E-state index contributed by atoms with van der Waals surface area (Å²) in [7, 11) is 0. The minimum Gasteiger partial charge on any atom is -0.480 e. The van der Waals surface area contributed by atoms with Crippen LogP contribution in [0.15, 0.2) is 22.7 Å². The molecule has 5 nitrogen and oxygen atoms in total. The molecule has 1 aromatic rings. The highest BCUT2D eigenvalue weighted by molar-refractivity contribution is 9.10. The van der Waals surface area contributed by atoms with E-state index < -0.39 is 17.5 Å². The number of urea groups is 1. The van der Waals surface area contributed by atoms with Crippen molar-refractivity contribution in [1.29, 1.82) is 0 Å². The van der Waals surface area contributed by atoms with Crippen LogP contribution in [0.2, 0.25) is 5.02 Å². The molecule has 1 unspecified atom stereocenters. The van der Waals surface area contributed by atoms with Crippen molar-refractivity contribution in [3.8, 4) is 0 Å². The van der Waals surface area contributed by atoms with E-state index in [1.165, 1.54) is 4.90 Å². The molecule has 1 heterocycles. The predicted molar refractivity (Wildman–Crippen MR) is 84.8 cm³/mol. The van der Waals surface area contributed by atoms with Gasteiger partial charge in [-0.2, -0.15) is 0 Å². The molecule has 2 rings (SSSR count). The van der Waals surface area contributed by atoms with E-state index in [9.17, 15) is 14.7 Å². The number of hydrogen-bond acceptors (Lipinski definition) is 2. The Balaban J connectivity index is 2.18. The van der Waals surface area contributed by atoms with E-state index >= 15 is 0 Å². The number of piperidine rings is 1. The first-order valence-electron chi connectivity index (χ1n) is 6.61. The molecule has 0 radical (unpaired) electrons. The maximum Gasteiger partial charge on any atom is 0.329 e. The number of carboxylic acids is 1. The van der Waals surface area contributed by atoms with E-state index in [-0.39, 0.29) is 0 Å². The molecule has 21 heavy (non-hydrogen) atoms. The Hall–Kier alpha value is -1.27. The maximum atomic E-state index is 12.4. The number of rotatable bonds is 2. The summed E-state index contributed by atoms with van der Waals surface area (Å²) >= 11 is 9.19. The molecule has 1 aliphatic rings. The van der Waals surface area contributed by atoms with Crippen LogP contribution in [0.1, 0.15) is 26.2 Å². The molecule has 1 atom stereocenters. The van der Waals surface area contributed by atoms with E-state index in [2.05, 4.69) is 21.2 Å². The van der Waals surface area contributed by atoms with Crippen LogP contribution in [0, 0.1) is 0 Å². The second-order valence-electron chi connectivity index (χ2n) is 5.25. The quantitative estimate of drug-likeness (QED) is 0.822. The van der Waals surface area contributed by atoms with Gasteiger partial charge < -0.3 is 15.3 Å². The van der Waals surface area contributed by atoms with Crippen LogP contribution in [0.5, 0.6) is 0 Å². The number of benzene rings is 1. The molecule has 0 saturated carbocycles. The van der Waals surface area contributed by atoms with Crippen LogP contribution in [-0.4, -0.2) is 34.1 Å². The number of likely N-dealkylation sites (tertiary alicyclic amines) is 1. The molecule has 1 saturated heterocycles. The fourth-order valence-corrected chi connectivity index (χ4v) is 2.93. The highest BCUT2D eigenvalue weighted by atomic mass is 79.9. The van der Waals surface area contributed by atoms with Crippen LogP contribution in [0.25, 0.3) is 0 Å². The number of amides is 2. The van der Waals surface area contributed by atoms with Crippen molar-refractivity contribution in [2.24, 2.45) is 0 Å². The molecule has 0 aliphatic carbocycles. The van der Waals surface area contributed by atoms with Crippen molar-refractivity contribution in [3.05, 3.63) is 27.7 Å². The topological polar surface area (TPSA) is 69.6 Å². The number of carbonyl (C=O) groups is 2. The van der Waals surface area contributed by atoms with E-state index in [0.29, 0.717) is 28.1 Å². The first kappa shape index (κ1) is 16.1. The lowest BCUT2D eigenvalue weighted by Crippen LogP contribution is -2.58. The molecule has 1 aromatic carbocycles. The highest BCUT2D eigenvalue weighted by Crippen LogP contribution is 2.30. The molecule has 0 bridgehead atoms. The summed E-state index contributed by atoms with van der Waals surface area (Å²) in [5.74, 6) is -0.977. The summed E-state index contributed by atoms with van der Waals surface area (Å²) in [5, 5.41) is 12.7. The van der Waals surface area contributed by atoms with Gasteiger partial charge in [-0.15, -0.1) is 0 Å². The first-order valence-corrected chi connectivity index (χ1v) is 7.79. The first-order chi connectivity index (χ1) is 9.84. The van der Waals surface area contributed by atoms with Gasteiger partial charge in [0.15, 0.2) is 0 Å². The summed E-state index contributed by atoms with van der Waals surface area (Å²) in [6.45, 7) is 2.02. The number of carbonyl (C=O) groups excluding carboxylic acids is 1. The predicted octanol–water partition coefficient (Wildman–Crippen LogP) is 3.96. The zero-order valence-corrected chi connectivity index (χ0v) is 13.9. The van der Waals surface area contributed by atoms with Crippen LogP contribution >= 0.6 is 27.5 Å². The van der Waals surface area contributed by atoms with Gasteiger partial charge in [-0.1, -0.05) is 11.6 Å². The van der Waals surface area contributed by atoms with Crippen molar-refractivity contribution >= 4 is 45.2 Å². The standard InChI is InChI=1S/C14H16BrClN2O3/c1-14(12(19)20)6-2-3-7-18(14)13(21)17-9-4-5-11(16)10(15)8-9/h4-5,8H,2-3,6-7H2,1H3,(H,17,21)(H,19,20). The molecule has 114 valence electrons. The zero-order valence-electron chi connectivity index (χ0n) is 11.5. The Morgan fingerprint density at radius 1 is 1.43 bits per heavy atom. The zero-order chi connectivity index (χ0) is 15.6. The summed E-state index contributed by atoms with van der Waals surface area (Å²) in [5.41, 5.74) is -0.596. The normalized spacial score (nSPS) is 22.0. The van der Waals surface area contributed by atoms with Crippen molar-refractivity contribution in [2.75, 3.05) is 11.9 Å². The third-order valence-electron chi connectivity index (χ3n) is 3.77. The Labute approximate surface area is 136 Å². The average Bonchev–Trinajstić information content (AvgIpc) is 2.43. The van der Waals surface area contributed by atoms with E-state index in [4.69, 9.17) is 11.6 Å². The second kappa shape index (κ2) is 6.23. The Bertz CT molecular complexity index is 581. The van der Waals surface area contributed by atoms with Crippen molar-refractivity contribution in [1.82, 2.24) is 4.90 Å². The lowest BCUT2D eigenvalue weighted by atomic mass is 9.89. The van der Waals surface area contributed by atoms with Gasteiger partial charge in [-0.3, -0.25) is 0 Å². The molecule has 2 N–H and O–H groups in total. The van der Waals surface area contributed by atoms with Gasteiger partial charge >= 0.3 is 12.0 Å². The van der Waals surface area contributed by atoms with Crippen LogP contribution in [-0.2, 0) is 4.79 Å². The van der Waals surface area contributed by atoms with Gasteiger partial charge in [0.05, 0.1) is 5.02 Å². The number of carboxylic acid groups (broad SMARTS) is 1. The number of anilines is 1. The SMILES string of the molecule is CC1(C(=O)O)CCCCN1C(=O)Nc1ccc(Cl)c(Br)c1. The Kier molecular flexibility index (Phi) is 4.78. The molecular formula is C14H16BrClN2O3. The number of aliphatic carboxylic acids is 1. The number of hydrogen-bond donors (Lipinski definition) is 2. The van der Waals surface area contributed by atoms with Crippen LogP contribution in [0.4, 0.5) is 10.5 Å². The fourth-order valence-electron chi connectivity index (χ4n) is 2.43. The maximum absolute atomic E-state index is 12.4. The van der Waals surface area contributed by atoms with Gasteiger partial charge in [0.1, 0.15) is 5.54 Å². The summed E-state index contributed by atoms with van der Waals surface area (Å²) in [6.07, 6.45) is 2.07. The lowest BCUT2D eigenvalue weighted by molar-refractivity contribution is -0.150. The van der Waals surface area contributed by atoms with Gasteiger partial charge in [-0.05, 0) is 60.3 Å². The summed E-state index contributed by atoms with van der Waals surface area (Å²) in [4.78, 5) is 25.3. The number of halogens is 2. The second-order valence-corrected chi connectivity index (χ2v) is 6.51. The number of nitrogens with one attached hydrogen (secondary N) is 1. The Morgan fingerprint density at radius 2 is 2.14 bits per heavy atom. The van der Waals surface area contributed by atoms with Crippen molar-refractivity contribution in [2.45, 2.75) is 31.7 Å². The smallest absolute Gasteiger partial charge is 0.329 e. The molecule has 2 amide bonds. The summed E-state index contributed by atoms with van der Waals surface area (Å²) in [6, 6.07) is 4.61. The molecule has 0 aromatic heterocycles. The van der Waals surface area contributed by atoms with E-state index in [1.54, 1.807) is 25.1 Å². The molecule has 1 aliphatic heterocycles. The third kappa shape index (κ3) is 3.32. The fraction of sp³-hybridized carbons (Fsp3) is 0.429. The van der Waals surface area contributed by atoms with Gasteiger partial charge in [0, 0.05) is 16.7 Å². The minimum absolute atomic E-state index is 0.408. The molecule has 1 fully saturated rings. The molecular weight excluding hydrogens is 360 g/mol.